The number of aromatic nitrogens is 1. The van der Waals surface area contributed by atoms with Crippen LogP contribution >= 0.6 is 0 Å². The van der Waals surface area contributed by atoms with Crippen molar-refractivity contribution in [3.8, 4) is 28.1 Å². The van der Waals surface area contributed by atoms with Gasteiger partial charge in [-0.15, -0.1) is 0 Å². The van der Waals surface area contributed by atoms with Gasteiger partial charge in [0.05, 0.1) is 12.3 Å². The van der Waals surface area contributed by atoms with Crippen molar-refractivity contribution in [3.63, 3.8) is 0 Å². The molecule has 0 saturated carbocycles. The number of aromatic carboxylic acids is 1. The minimum absolute atomic E-state index is 0.164. The molecule has 0 atom stereocenters. The number of pyridine rings is 1. The van der Waals surface area contributed by atoms with E-state index in [1.54, 1.807) is 23.8 Å². The van der Waals surface area contributed by atoms with Gasteiger partial charge in [-0.3, -0.25) is 4.79 Å². The largest absolute Gasteiger partial charge is 0.493 e. The first-order chi connectivity index (χ1) is 17.1. The second kappa shape index (κ2) is 11.9. The van der Waals surface area contributed by atoms with Gasteiger partial charge in [-0.2, -0.15) is 0 Å². The summed E-state index contributed by atoms with van der Waals surface area (Å²) in [6.07, 6.45) is 2.54. The van der Waals surface area contributed by atoms with Gasteiger partial charge in [0, 0.05) is 61.7 Å². The number of carboxylic acid groups (broad SMARTS) is 1. The minimum atomic E-state index is -1.29. The smallest absolute Gasteiger partial charge is 0.341 e. The van der Waals surface area contributed by atoms with Crippen molar-refractivity contribution in [1.29, 1.82) is 0 Å². The van der Waals surface area contributed by atoms with Crippen LogP contribution in [0.2, 0.25) is 0 Å². The van der Waals surface area contributed by atoms with Crippen LogP contribution in [-0.2, 0) is 17.7 Å². The van der Waals surface area contributed by atoms with Crippen LogP contribution in [0.5, 0.6) is 5.75 Å². The number of hydrogen-bond donors (Lipinski definition) is 1. The summed E-state index contributed by atoms with van der Waals surface area (Å²) in [5, 5.41) is 9.25. The third-order valence-corrected chi connectivity index (χ3v) is 5.43. The molecular weight excluding hydrogens is 468 g/mol. The van der Waals surface area contributed by atoms with E-state index in [9.17, 15) is 23.5 Å². The molecule has 3 aromatic rings. The molecule has 8 heteroatoms. The SMILES string of the molecule is CC(C)C.COCCCOc1cc2c(cc1-c1ccc(F)cc1F)-c1cc(=O)c(C(=O)O)cn1CC2. The molecule has 2 heterocycles. The van der Waals surface area contributed by atoms with Gasteiger partial charge in [0.15, 0.2) is 5.43 Å². The number of fused-ring (bicyclic) bond motifs is 3. The maximum Gasteiger partial charge on any atom is 0.341 e. The summed E-state index contributed by atoms with van der Waals surface area (Å²) < 4.78 is 40.8. The van der Waals surface area contributed by atoms with Gasteiger partial charge in [-0.1, -0.05) is 20.8 Å². The third kappa shape index (κ3) is 6.37. The molecule has 36 heavy (non-hydrogen) atoms. The number of carbonyl (C=O) groups is 1. The van der Waals surface area contributed by atoms with E-state index >= 15 is 0 Å². The van der Waals surface area contributed by atoms with E-state index in [-0.39, 0.29) is 11.1 Å². The number of carboxylic acids is 1. The van der Waals surface area contributed by atoms with Gasteiger partial charge in [-0.25, -0.2) is 13.6 Å². The van der Waals surface area contributed by atoms with Gasteiger partial charge >= 0.3 is 5.97 Å². The first-order valence-electron chi connectivity index (χ1n) is 11.8. The molecule has 192 valence electrons. The lowest BCUT2D eigenvalue weighted by atomic mass is 9.91. The van der Waals surface area contributed by atoms with Crippen LogP contribution in [0.3, 0.4) is 0 Å². The molecule has 6 nitrogen and oxygen atoms in total. The summed E-state index contributed by atoms with van der Waals surface area (Å²) in [6.45, 7) is 7.84. The lowest BCUT2D eigenvalue weighted by Crippen LogP contribution is -2.22. The van der Waals surface area contributed by atoms with Crippen LogP contribution in [-0.4, -0.2) is 36.0 Å². The Labute approximate surface area is 209 Å². The Kier molecular flexibility index (Phi) is 8.98. The number of rotatable bonds is 7. The first kappa shape index (κ1) is 27.1. The topological polar surface area (TPSA) is 77.8 Å². The summed E-state index contributed by atoms with van der Waals surface area (Å²) in [7, 11) is 1.59. The zero-order chi connectivity index (χ0) is 26.4. The third-order valence-electron chi connectivity index (χ3n) is 5.43. The van der Waals surface area contributed by atoms with Crippen LogP contribution in [0.1, 0.15) is 43.1 Å². The molecule has 4 rings (SSSR count). The molecule has 1 aliphatic heterocycles. The lowest BCUT2D eigenvalue weighted by Gasteiger charge is -2.25. The van der Waals surface area contributed by atoms with E-state index in [4.69, 9.17) is 9.47 Å². The van der Waals surface area contributed by atoms with Crippen LogP contribution in [0, 0.1) is 17.6 Å². The highest BCUT2D eigenvalue weighted by atomic mass is 19.1. The molecule has 1 aromatic heterocycles. The van der Waals surface area contributed by atoms with E-state index in [1.165, 1.54) is 24.4 Å². The van der Waals surface area contributed by atoms with E-state index in [1.807, 2.05) is 0 Å². The number of ether oxygens (including phenoxy) is 2. The monoisotopic (exact) mass is 499 g/mol. The second-order valence-corrected chi connectivity index (χ2v) is 9.24. The summed E-state index contributed by atoms with van der Waals surface area (Å²) in [5.74, 6) is -1.43. The Morgan fingerprint density at radius 1 is 1.06 bits per heavy atom. The number of halogens is 2. The fourth-order valence-electron chi connectivity index (χ4n) is 3.88. The highest BCUT2D eigenvalue weighted by Gasteiger charge is 2.23. The highest BCUT2D eigenvalue weighted by Crippen LogP contribution is 2.40. The zero-order valence-electron chi connectivity index (χ0n) is 20.9. The summed E-state index contributed by atoms with van der Waals surface area (Å²) in [6, 6.07) is 8.12. The average Bonchev–Trinajstić information content (AvgIpc) is 2.80. The summed E-state index contributed by atoms with van der Waals surface area (Å²) >= 11 is 0. The van der Waals surface area contributed by atoms with Crippen molar-refractivity contribution in [1.82, 2.24) is 4.57 Å². The van der Waals surface area contributed by atoms with Crippen molar-refractivity contribution >= 4 is 5.97 Å². The fourth-order valence-corrected chi connectivity index (χ4v) is 3.88. The molecule has 1 N–H and O–H groups in total. The minimum Gasteiger partial charge on any atom is -0.493 e. The van der Waals surface area contributed by atoms with Crippen molar-refractivity contribution in [2.24, 2.45) is 5.92 Å². The highest BCUT2D eigenvalue weighted by molar-refractivity contribution is 5.88. The quantitative estimate of drug-likeness (QED) is 0.416. The van der Waals surface area contributed by atoms with Crippen LogP contribution in [0.25, 0.3) is 22.4 Å². The van der Waals surface area contributed by atoms with Gasteiger partial charge in [0.1, 0.15) is 22.9 Å². The Hall–Kier alpha value is -3.52. The standard InChI is InChI=1S/C24H21F2NO5.C4H10/c1-31-7-2-8-32-23-9-14-5-6-27-13-19(24(29)30)22(28)12-21(27)17(14)11-18(23)16-4-3-15(25)10-20(16)26;1-4(2)3/h3-4,9-13H,2,5-8H2,1H3,(H,29,30);4H,1-3H3. The van der Waals surface area contributed by atoms with Crippen LogP contribution < -0.4 is 10.2 Å². The maximum absolute atomic E-state index is 14.7. The zero-order valence-corrected chi connectivity index (χ0v) is 20.9. The predicted octanol–water partition coefficient (Wildman–Crippen LogP) is 5.79. The number of hydrogen-bond acceptors (Lipinski definition) is 4. The number of aryl methyl sites for hydroxylation is 2. The van der Waals surface area contributed by atoms with Crippen LogP contribution in [0.4, 0.5) is 8.78 Å². The molecule has 0 fully saturated rings. The predicted molar refractivity (Wildman–Crippen MR) is 135 cm³/mol. The summed E-state index contributed by atoms with van der Waals surface area (Å²) in [5.41, 5.74) is 1.77. The average molecular weight is 500 g/mol. The van der Waals surface area contributed by atoms with Crippen molar-refractivity contribution in [3.05, 3.63) is 75.6 Å². The summed E-state index contributed by atoms with van der Waals surface area (Å²) in [4.78, 5) is 23.7. The molecule has 0 saturated heterocycles. The molecule has 0 amide bonds. The van der Waals surface area contributed by atoms with E-state index in [0.29, 0.717) is 55.2 Å². The number of benzene rings is 2. The van der Waals surface area contributed by atoms with Crippen molar-refractivity contribution in [2.45, 2.75) is 40.2 Å². The van der Waals surface area contributed by atoms with E-state index in [2.05, 4.69) is 20.8 Å². The second-order valence-electron chi connectivity index (χ2n) is 9.24. The molecule has 1 aliphatic rings. The lowest BCUT2D eigenvalue weighted by molar-refractivity contribution is 0.0694. The molecule has 0 radical (unpaired) electrons. The Morgan fingerprint density at radius 2 is 1.78 bits per heavy atom. The Balaban J connectivity index is 0.000000840. The molecule has 0 unspecified atom stereocenters. The fraction of sp³-hybridized carbons (Fsp3) is 0.357. The van der Waals surface area contributed by atoms with E-state index < -0.39 is 23.0 Å². The number of methoxy groups -OCH3 is 1. The van der Waals surface area contributed by atoms with Gasteiger partial charge in [0.25, 0.3) is 0 Å². The molecular formula is C28H31F2NO5. The number of nitrogens with zero attached hydrogens (tertiary/aromatic N) is 1. The van der Waals surface area contributed by atoms with Crippen molar-refractivity contribution < 1.29 is 28.2 Å². The van der Waals surface area contributed by atoms with Gasteiger partial charge in [0.2, 0.25) is 0 Å². The van der Waals surface area contributed by atoms with Crippen LogP contribution in [0.15, 0.2) is 47.4 Å². The molecule has 2 aromatic carbocycles. The van der Waals surface area contributed by atoms with Gasteiger partial charge < -0.3 is 19.1 Å². The first-order valence-corrected chi connectivity index (χ1v) is 11.8. The maximum atomic E-state index is 14.7. The Morgan fingerprint density at radius 3 is 2.42 bits per heavy atom. The van der Waals surface area contributed by atoms with Gasteiger partial charge in [-0.05, 0) is 42.2 Å². The normalized spacial score (nSPS) is 11.9. The molecule has 0 bridgehead atoms. The molecule has 0 aliphatic carbocycles. The molecule has 0 spiro atoms. The van der Waals surface area contributed by atoms with E-state index in [0.717, 1.165) is 17.5 Å². The Bertz CT molecular complexity index is 1300. The van der Waals surface area contributed by atoms with Crippen molar-refractivity contribution in [2.75, 3.05) is 20.3 Å².